The Morgan fingerprint density at radius 3 is 1.73 bits per heavy atom. The second-order valence-corrected chi connectivity index (χ2v) is 11.5. The van der Waals surface area contributed by atoms with Crippen LogP contribution in [0.4, 0.5) is 0 Å². The third-order valence-corrected chi connectivity index (χ3v) is 8.76. The molecule has 0 fully saturated rings. The number of aromatic nitrogens is 3. The standard InChI is InChI=1S/C42H27N3/c1-2-11-29(12-3-1)38-27-39(34-19-18-28-10-4-5-13-31(28)24-34)44-42(43-38)30-20-22-35(23-21-30)45-40-17-9-8-16-36(40)37-25-32-14-6-7-15-33(32)26-41(37)45/h1-27H. The Labute approximate surface area is 260 Å². The third kappa shape index (κ3) is 4.37. The molecule has 0 aliphatic rings. The molecular weight excluding hydrogens is 546 g/mol. The molecular formula is C42H27N3. The summed E-state index contributed by atoms with van der Waals surface area (Å²) in [5, 5.41) is 7.40. The van der Waals surface area contributed by atoms with E-state index in [0.717, 1.165) is 33.8 Å². The Morgan fingerprint density at radius 2 is 0.956 bits per heavy atom. The maximum absolute atomic E-state index is 5.11. The van der Waals surface area contributed by atoms with Crippen molar-refractivity contribution in [2.24, 2.45) is 0 Å². The second-order valence-electron chi connectivity index (χ2n) is 11.5. The van der Waals surface area contributed by atoms with Gasteiger partial charge in [-0.05, 0) is 76.1 Å². The van der Waals surface area contributed by atoms with Gasteiger partial charge in [-0.3, -0.25) is 0 Å². The molecule has 0 spiro atoms. The molecule has 0 amide bonds. The van der Waals surface area contributed by atoms with Gasteiger partial charge in [-0.15, -0.1) is 0 Å². The predicted molar refractivity (Wildman–Crippen MR) is 188 cm³/mol. The highest BCUT2D eigenvalue weighted by Crippen LogP contribution is 2.36. The van der Waals surface area contributed by atoms with Crippen LogP contribution >= 0.6 is 0 Å². The number of fused-ring (bicyclic) bond motifs is 5. The van der Waals surface area contributed by atoms with E-state index >= 15 is 0 Å². The van der Waals surface area contributed by atoms with Crippen LogP contribution in [0.1, 0.15) is 0 Å². The van der Waals surface area contributed by atoms with E-state index in [9.17, 15) is 0 Å². The summed E-state index contributed by atoms with van der Waals surface area (Å²) >= 11 is 0. The number of hydrogen-bond acceptors (Lipinski definition) is 2. The van der Waals surface area contributed by atoms with Crippen molar-refractivity contribution < 1.29 is 0 Å². The molecule has 0 aliphatic heterocycles. The average molecular weight is 574 g/mol. The summed E-state index contributed by atoms with van der Waals surface area (Å²) in [4.78, 5) is 10.2. The molecule has 0 atom stereocenters. The van der Waals surface area contributed by atoms with Gasteiger partial charge in [-0.1, -0.05) is 109 Å². The Morgan fingerprint density at radius 1 is 0.356 bits per heavy atom. The number of para-hydroxylation sites is 1. The van der Waals surface area contributed by atoms with Crippen molar-refractivity contribution in [2.45, 2.75) is 0 Å². The molecule has 2 aromatic heterocycles. The lowest BCUT2D eigenvalue weighted by molar-refractivity contribution is 1.16. The average Bonchev–Trinajstić information content (AvgIpc) is 3.43. The molecule has 0 radical (unpaired) electrons. The summed E-state index contributed by atoms with van der Waals surface area (Å²) in [6.07, 6.45) is 0. The largest absolute Gasteiger partial charge is 0.309 e. The Bertz CT molecular complexity index is 2530. The number of rotatable bonds is 4. The number of nitrogens with zero attached hydrogens (tertiary/aromatic N) is 3. The van der Waals surface area contributed by atoms with Crippen LogP contribution < -0.4 is 0 Å². The summed E-state index contributed by atoms with van der Waals surface area (Å²) in [7, 11) is 0. The fraction of sp³-hybridized carbons (Fsp3) is 0. The minimum atomic E-state index is 0.708. The molecule has 0 saturated heterocycles. The predicted octanol–water partition coefficient (Wildman–Crippen LogP) is 10.9. The number of hydrogen-bond donors (Lipinski definition) is 0. The first-order valence-electron chi connectivity index (χ1n) is 15.2. The van der Waals surface area contributed by atoms with Crippen LogP contribution in [-0.4, -0.2) is 14.5 Å². The maximum atomic E-state index is 5.11. The van der Waals surface area contributed by atoms with Crippen molar-refractivity contribution in [3.63, 3.8) is 0 Å². The van der Waals surface area contributed by atoms with Crippen LogP contribution in [0.15, 0.2) is 164 Å². The van der Waals surface area contributed by atoms with Gasteiger partial charge in [0.25, 0.3) is 0 Å². The van der Waals surface area contributed by atoms with Crippen LogP contribution in [0.3, 0.4) is 0 Å². The molecule has 210 valence electrons. The quantitative estimate of drug-likeness (QED) is 0.210. The van der Waals surface area contributed by atoms with Crippen LogP contribution in [0.5, 0.6) is 0 Å². The summed E-state index contributed by atoms with van der Waals surface area (Å²) in [5.41, 5.74) is 8.42. The highest BCUT2D eigenvalue weighted by Gasteiger charge is 2.15. The van der Waals surface area contributed by atoms with Gasteiger partial charge in [0.1, 0.15) is 0 Å². The fourth-order valence-electron chi connectivity index (χ4n) is 6.52. The van der Waals surface area contributed by atoms with E-state index in [1.54, 1.807) is 0 Å². The Hall–Kier alpha value is -6.06. The van der Waals surface area contributed by atoms with E-state index in [-0.39, 0.29) is 0 Å². The van der Waals surface area contributed by atoms with Crippen molar-refractivity contribution in [1.82, 2.24) is 14.5 Å². The van der Waals surface area contributed by atoms with E-state index in [0.29, 0.717) is 5.82 Å². The van der Waals surface area contributed by atoms with E-state index in [1.165, 1.54) is 43.4 Å². The molecule has 0 saturated carbocycles. The topological polar surface area (TPSA) is 30.7 Å². The zero-order valence-corrected chi connectivity index (χ0v) is 24.4. The lowest BCUT2D eigenvalue weighted by atomic mass is 10.0. The van der Waals surface area contributed by atoms with Crippen molar-refractivity contribution in [2.75, 3.05) is 0 Å². The molecule has 3 nitrogen and oxygen atoms in total. The van der Waals surface area contributed by atoms with E-state index in [4.69, 9.17) is 9.97 Å². The van der Waals surface area contributed by atoms with Gasteiger partial charge in [-0.2, -0.15) is 0 Å². The van der Waals surface area contributed by atoms with Crippen LogP contribution in [-0.2, 0) is 0 Å². The van der Waals surface area contributed by atoms with Crippen molar-refractivity contribution >= 4 is 43.4 Å². The van der Waals surface area contributed by atoms with Crippen molar-refractivity contribution in [3.8, 4) is 39.6 Å². The summed E-state index contributed by atoms with van der Waals surface area (Å²) in [6, 6.07) is 57.9. The molecule has 2 heterocycles. The molecule has 0 bridgehead atoms. The Balaban J connectivity index is 1.19. The van der Waals surface area contributed by atoms with Gasteiger partial charge in [0, 0.05) is 33.2 Å². The van der Waals surface area contributed by atoms with Gasteiger partial charge in [0.15, 0.2) is 5.82 Å². The molecule has 9 rings (SSSR count). The number of benzene rings is 7. The summed E-state index contributed by atoms with van der Waals surface area (Å²) < 4.78 is 2.36. The van der Waals surface area contributed by atoms with Crippen LogP contribution in [0.25, 0.3) is 82.9 Å². The highest BCUT2D eigenvalue weighted by molar-refractivity contribution is 6.13. The molecule has 0 aliphatic carbocycles. The minimum absolute atomic E-state index is 0.708. The van der Waals surface area contributed by atoms with Crippen molar-refractivity contribution in [3.05, 3.63) is 164 Å². The SMILES string of the molecule is c1ccc(-c2cc(-c3ccc4ccccc4c3)nc(-c3ccc(-n4c5ccccc5c5cc6ccccc6cc54)cc3)n2)cc1. The van der Waals surface area contributed by atoms with E-state index < -0.39 is 0 Å². The zero-order chi connectivity index (χ0) is 29.7. The van der Waals surface area contributed by atoms with E-state index in [1.807, 2.05) is 6.07 Å². The summed E-state index contributed by atoms with van der Waals surface area (Å²) in [6.45, 7) is 0. The second kappa shape index (κ2) is 10.3. The van der Waals surface area contributed by atoms with E-state index in [2.05, 4.69) is 162 Å². The zero-order valence-electron chi connectivity index (χ0n) is 24.4. The minimum Gasteiger partial charge on any atom is -0.309 e. The molecule has 9 aromatic rings. The lowest BCUT2D eigenvalue weighted by Crippen LogP contribution is -1.97. The first-order valence-corrected chi connectivity index (χ1v) is 15.2. The fourth-order valence-corrected chi connectivity index (χ4v) is 6.52. The van der Waals surface area contributed by atoms with Crippen LogP contribution in [0.2, 0.25) is 0 Å². The maximum Gasteiger partial charge on any atom is 0.160 e. The lowest BCUT2D eigenvalue weighted by Gasteiger charge is -2.12. The highest BCUT2D eigenvalue weighted by atomic mass is 15.0. The Kier molecular flexibility index (Phi) is 5.82. The van der Waals surface area contributed by atoms with Gasteiger partial charge in [-0.25, -0.2) is 9.97 Å². The molecule has 0 unspecified atom stereocenters. The molecule has 0 N–H and O–H groups in total. The molecule has 7 aromatic carbocycles. The van der Waals surface area contributed by atoms with Gasteiger partial charge < -0.3 is 4.57 Å². The van der Waals surface area contributed by atoms with Crippen molar-refractivity contribution in [1.29, 1.82) is 0 Å². The summed E-state index contributed by atoms with van der Waals surface area (Å²) in [5.74, 6) is 0.708. The first kappa shape index (κ1) is 25.4. The molecule has 3 heteroatoms. The molecule has 45 heavy (non-hydrogen) atoms. The normalized spacial score (nSPS) is 11.6. The first-order chi connectivity index (χ1) is 22.3. The van der Waals surface area contributed by atoms with Crippen LogP contribution in [0, 0.1) is 0 Å². The van der Waals surface area contributed by atoms with Gasteiger partial charge in [0.05, 0.1) is 22.4 Å². The smallest absolute Gasteiger partial charge is 0.160 e. The van der Waals surface area contributed by atoms with Gasteiger partial charge in [0.2, 0.25) is 0 Å². The third-order valence-electron chi connectivity index (χ3n) is 8.76. The monoisotopic (exact) mass is 573 g/mol. The van der Waals surface area contributed by atoms with Gasteiger partial charge >= 0.3 is 0 Å².